The second-order valence-corrected chi connectivity index (χ2v) is 20.7. The van der Waals surface area contributed by atoms with Crippen molar-refractivity contribution in [3.05, 3.63) is 165 Å². The van der Waals surface area contributed by atoms with Crippen molar-refractivity contribution in [1.82, 2.24) is 19.9 Å². The molecule has 0 saturated carbocycles. The second-order valence-electron chi connectivity index (χ2n) is 16.2. The highest BCUT2D eigenvalue weighted by Gasteiger charge is 2.31. The van der Waals surface area contributed by atoms with E-state index in [-0.39, 0.29) is 82.7 Å². The van der Waals surface area contributed by atoms with Crippen molar-refractivity contribution >= 4 is 66.2 Å². The monoisotopic (exact) mass is 952 g/mol. The number of nitrogens with zero attached hydrogens (tertiary/aromatic N) is 7. The maximum absolute atomic E-state index is 13.6. The molecule has 0 unspecified atom stereocenters. The van der Waals surface area contributed by atoms with Crippen LogP contribution in [0, 0.1) is 22.7 Å². The van der Waals surface area contributed by atoms with Crippen LogP contribution in [0.4, 0.5) is 11.4 Å². The number of aromatic nitrogens is 4. The molecule has 19 heteroatoms. The number of rotatable bonds is 12. The van der Waals surface area contributed by atoms with E-state index in [9.17, 15) is 26.4 Å². The second kappa shape index (κ2) is 20.1. The van der Waals surface area contributed by atoms with Crippen molar-refractivity contribution in [2.24, 2.45) is 0 Å². The molecule has 4 aromatic heterocycles. The Hall–Kier alpha value is -6.60. The first kappa shape index (κ1) is 49.4. The summed E-state index contributed by atoms with van der Waals surface area (Å²) in [6, 6.07) is 25.1. The van der Waals surface area contributed by atoms with Gasteiger partial charge in [-0.25, -0.2) is 41.1 Å². The van der Waals surface area contributed by atoms with Crippen LogP contribution < -0.4 is 9.03 Å². The highest BCUT2D eigenvalue weighted by Crippen LogP contribution is 2.32. The van der Waals surface area contributed by atoms with Gasteiger partial charge in [0.25, 0.3) is 20.0 Å². The minimum atomic E-state index is -4.15. The first-order chi connectivity index (χ1) is 30.5. The zero-order valence-corrected chi connectivity index (χ0v) is 39.3. The fourth-order valence-corrected chi connectivity index (χ4v) is 8.68. The van der Waals surface area contributed by atoms with Crippen LogP contribution >= 0.6 is 23.2 Å². The molecule has 15 nitrogen and oxygen atoms in total. The molecule has 4 heterocycles. The number of hydrogen-bond donors (Lipinski definition) is 1. The molecule has 2 aromatic carbocycles. The molecule has 0 bridgehead atoms. The van der Waals surface area contributed by atoms with Crippen molar-refractivity contribution < 1.29 is 31.2 Å². The Morgan fingerprint density at radius 1 is 0.646 bits per heavy atom. The third-order valence-electron chi connectivity index (χ3n) is 9.50. The average Bonchev–Trinajstić information content (AvgIpc) is 3.27. The van der Waals surface area contributed by atoms with E-state index >= 15 is 0 Å². The minimum Gasteiger partial charge on any atom is -0.363 e. The van der Waals surface area contributed by atoms with Gasteiger partial charge < -0.3 is 4.74 Å². The summed E-state index contributed by atoms with van der Waals surface area (Å²) in [5.74, 6) is -1.14. The summed E-state index contributed by atoms with van der Waals surface area (Å²) >= 11 is 12.1. The fourth-order valence-electron chi connectivity index (χ4n) is 5.93. The van der Waals surface area contributed by atoms with Gasteiger partial charge in [0.1, 0.15) is 41.6 Å². The molecule has 0 aliphatic rings. The number of methoxy groups -OCH3 is 1. The molecule has 0 radical (unpaired) electrons. The van der Waals surface area contributed by atoms with Crippen LogP contribution in [0.2, 0.25) is 10.0 Å². The van der Waals surface area contributed by atoms with Crippen LogP contribution in [0.3, 0.4) is 0 Å². The van der Waals surface area contributed by atoms with Crippen LogP contribution in [-0.4, -0.2) is 62.2 Å². The van der Waals surface area contributed by atoms with Crippen molar-refractivity contribution in [3.8, 4) is 12.1 Å². The number of ketones is 2. The maximum Gasteiger partial charge on any atom is 0.266 e. The Morgan fingerprint density at radius 2 is 1.09 bits per heavy atom. The quantitative estimate of drug-likeness (QED) is 0.0896. The molecule has 6 aromatic rings. The minimum absolute atomic E-state index is 0.0240. The number of pyridine rings is 4. The molecule has 1 N–H and O–H groups in total. The van der Waals surface area contributed by atoms with E-state index < -0.39 is 31.6 Å². The number of benzene rings is 2. The lowest BCUT2D eigenvalue weighted by atomic mass is 9.87. The van der Waals surface area contributed by atoms with Crippen LogP contribution in [0.5, 0.6) is 0 Å². The number of nitrogens with one attached hydrogen (secondary N) is 1. The Morgan fingerprint density at radius 3 is 1.52 bits per heavy atom. The van der Waals surface area contributed by atoms with Crippen molar-refractivity contribution in [2.45, 2.75) is 62.2 Å². The number of carbonyl (C=O) groups excluding carboxylic acids is 2. The maximum atomic E-state index is 13.6. The number of anilines is 2. The Kier molecular flexibility index (Phi) is 15.3. The topological polar surface area (TPSA) is 226 Å². The molecular weight excluding hydrogens is 912 g/mol. The standard InChI is InChI=1S/C24H23ClN4O4S.C22H19ClN4O3S/c1-24(2,3)17-6-9-20(10-7-17)34(31,32)29(15-33-4)21-11-18(25)14-28-22(21)23(30)16-5-8-19(12-26)27-13-16;1-22(2,3)15-5-8-18(9-6-15)31(29,30)27-19-10-16(23)13-26-20(19)21(28)14-4-7-17(11-24)25-12-14/h5-11,13-14H,15H2,1-4H3;4-10,12-13,27H,1-3H3. The van der Waals surface area contributed by atoms with Crippen molar-refractivity contribution in [1.29, 1.82) is 10.5 Å². The van der Waals surface area contributed by atoms with E-state index in [1.807, 2.05) is 53.7 Å². The van der Waals surface area contributed by atoms with Crippen LogP contribution in [0.25, 0.3) is 0 Å². The summed E-state index contributed by atoms with van der Waals surface area (Å²) in [7, 11) is -6.80. The van der Waals surface area contributed by atoms with Gasteiger partial charge in [0.2, 0.25) is 11.6 Å². The number of hydrogen-bond acceptors (Lipinski definition) is 13. The summed E-state index contributed by atoms with van der Waals surface area (Å²) in [4.78, 5) is 42.1. The van der Waals surface area contributed by atoms with Gasteiger partial charge in [-0.3, -0.25) is 14.3 Å². The van der Waals surface area contributed by atoms with Gasteiger partial charge in [-0.2, -0.15) is 10.5 Å². The van der Waals surface area contributed by atoms with Crippen molar-refractivity contribution in [3.63, 3.8) is 0 Å². The largest absolute Gasteiger partial charge is 0.363 e. The smallest absolute Gasteiger partial charge is 0.266 e. The van der Waals surface area contributed by atoms with E-state index in [4.69, 9.17) is 38.5 Å². The zero-order valence-electron chi connectivity index (χ0n) is 36.2. The number of halogens is 2. The summed E-state index contributed by atoms with van der Waals surface area (Å²) in [5.41, 5.74) is 1.89. The van der Waals surface area contributed by atoms with E-state index in [0.717, 1.165) is 15.4 Å². The Balaban J connectivity index is 0.000000245. The van der Waals surface area contributed by atoms with Crippen LogP contribution in [0.1, 0.15) is 96.2 Å². The number of sulfonamides is 2. The molecule has 6 rings (SSSR count). The third-order valence-corrected chi connectivity index (χ3v) is 13.0. The van der Waals surface area contributed by atoms with Gasteiger partial charge in [-0.1, -0.05) is 89.0 Å². The molecule has 0 amide bonds. The van der Waals surface area contributed by atoms with Crippen LogP contribution in [-0.2, 0) is 35.6 Å². The molecule has 334 valence electrons. The van der Waals surface area contributed by atoms with E-state index in [0.29, 0.717) is 0 Å². The number of nitriles is 2. The van der Waals surface area contributed by atoms with Gasteiger partial charge in [0.05, 0.1) is 31.2 Å². The summed E-state index contributed by atoms with van der Waals surface area (Å²) in [5, 5.41) is 18.1. The average molecular weight is 954 g/mol. The SMILES string of the molecule is CC(C)(C)c1ccc(S(=O)(=O)Nc2cc(Cl)cnc2C(=O)c2ccc(C#N)nc2)cc1.COCN(c1cc(Cl)cnc1C(=O)c1ccc(C#N)nc1)S(=O)(=O)c1ccc(C(C)(C)C)cc1. The molecule has 0 atom stereocenters. The highest BCUT2D eigenvalue weighted by atomic mass is 35.5. The predicted octanol–water partition coefficient (Wildman–Crippen LogP) is 8.66. The lowest BCUT2D eigenvalue weighted by Gasteiger charge is -2.26. The Bertz CT molecular complexity index is 3030. The number of ether oxygens (including phenoxy) is 1. The summed E-state index contributed by atoms with van der Waals surface area (Å²) in [6.45, 7) is 11.8. The van der Waals surface area contributed by atoms with Crippen molar-refractivity contribution in [2.75, 3.05) is 22.9 Å². The molecule has 0 spiro atoms. The van der Waals surface area contributed by atoms with Gasteiger partial charge in [0.15, 0.2) is 0 Å². The highest BCUT2D eigenvalue weighted by molar-refractivity contribution is 7.93. The lowest BCUT2D eigenvalue weighted by molar-refractivity contribution is 0.102. The molecule has 0 saturated heterocycles. The van der Waals surface area contributed by atoms with Gasteiger partial charge in [0, 0.05) is 43.0 Å². The molecule has 65 heavy (non-hydrogen) atoms. The van der Waals surface area contributed by atoms with Crippen LogP contribution in [0.15, 0.2) is 120 Å². The first-order valence-corrected chi connectivity index (χ1v) is 23.1. The molecule has 0 aliphatic heterocycles. The first-order valence-electron chi connectivity index (χ1n) is 19.4. The molecule has 0 aliphatic carbocycles. The molecular formula is C46H42Cl2N8O7S2. The van der Waals surface area contributed by atoms with Gasteiger partial charge in [-0.05, 0) is 82.6 Å². The van der Waals surface area contributed by atoms with E-state index in [2.05, 4.69) is 24.7 Å². The lowest BCUT2D eigenvalue weighted by Crippen LogP contribution is -2.34. The summed E-state index contributed by atoms with van der Waals surface area (Å²) < 4.78 is 61.6. The summed E-state index contributed by atoms with van der Waals surface area (Å²) in [6.07, 6.45) is 4.98. The normalized spacial score (nSPS) is 11.6. The predicted molar refractivity (Wildman–Crippen MR) is 246 cm³/mol. The van der Waals surface area contributed by atoms with Gasteiger partial charge >= 0.3 is 0 Å². The fraction of sp³-hybridized carbons (Fsp3) is 0.217. The van der Waals surface area contributed by atoms with Gasteiger partial charge in [-0.15, -0.1) is 0 Å². The third kappa shape index (κ3) is 12.0. The number of carbonyl (C=O) groups is 2. The van der Waals surface area contributed by atoms with E-state index in [1.165, 1.54) is 92.6 Å². The molecule has 0 fully saturated rings. The van der Waals surface area contributed by atoms with E-state index in [1.54, 1.807) is 24.3 Å². The zero-order chi connectivity index (χ0) is 47.9. The Labute approximate surface area is 387 Å².